The number of amides is 1. The highest BCUT2D eigenvalue weighted by molar-refractivity contribution is 6.46. The van der Waals surface area contributed by atoms with Crippen molar-refractivity contribution < 1.29 is 19.1 Å². The van der Waals surface area contributed by atoms with Crippen LogP contribution in [0.1, 0.15) is 22.7 Å². The molecule has 0 spiro atoms. The lowest BCUT2D eigenvalue weighted by molar-refractivity contribution is -0.139. The lowest BCUT2D eigenvalue weighted by atomic mass is 9.95. The molecule has 1 atom stereocenters. The smallest absolute Gasteiger partial charge is 0.295 e. The van der Waals surface area contributed by atoms with Gasteiger partial charge in [0.05, 0.1) is 11.6 Å². The van der Waals surface area contributed by atoms with Gasteiger partial charge in [0.15, 0.2) is 0 Å². The van der Waals surface area contributed by atoms with Crippen molar-refractivity contribution in [1.29, 1.82) is 0 Å². The van der Waals surface area contributed by atoms with E-state index in [0.717, 1.165) is 16.8 Å². The Labute approximate surface area is 192 Å². The number of aliphatic hydroxyl groups excluding tert-OH is 1. The van der Waals surface area contributed by atoms with Crippen LogP contribution in [0.25, 0.3) is 5.76 Å². The van der Waals surface area contributed by atoms with Gasteiger partial charge in [0.2, 0.25) is 0 Å². The molecule has 0 aliphatic carbocycles. The van der Waals surface area contributed by atoms with E-state index in [1.54, 1.807) is 0 Å². The van der Waals surface area contributed by atoms with Crippen molar-refractivity contribution in [3.05, 3.63) is 107 Å². The third-order valence-corrected chi connectivity index (χ3v) is 5.87. The summed E-state index contributed by atoms with van der Waals surface area (Å²) in [4.78, 5) is 29.6. The number of halogens is 1. The molecule has 1 unspecified atom stereocenters. The van der Waals surface area contributed by atoms with Crippen molar-refractivity contribution in [3.8, 4) is 0 Å². The standard InChI is InChI=1S/C27H25FN2O3/c1-29(2)22-14-10-19(11-15-22)24-23(25(31)20-8-12-21(28)13-9-20)26(32)27(33)30(24)17-16-18-6-4-3-5-7-18/h3-15,24,31H,16-17H2,1-2H3. The van der Waals surface area contributed by atoms with Crippen molar-refractivity contribution in [2.75, 3.05) is 25.5 Å². The zero-order valence-corrected chi connectivity index (χ0v) is 18.5. The Kier molecular flexibility index (Phi) is 6.27. The molecule has 5 nitrogen and oxygen atoms in total. The maximum Gasteiger partial charge on any atom is 0.295 e. The van der Waals surface area contributed by atoms with Gasteiger partial charge in [-0.3, -0.25) is 9.59 Å². The van der Waals surface area contributed by atoms with Gasteiger partial charge in [-0.15, -0.1) is 0 Å². The summed E-state index contributed by atoms with van der Waals surface area (Å²) >= 11 is 0. The Hall–Kier alpha value is -3.93. The molecule has 0 saturated carbocycles. The molecule has 1 fully saturated rings. The van der Waals surface area contributed by atoms with Crippen LogP contribution < -0.4 is 4.90 Å². The molecular formula is C27H25FN2O3. The van der Waals surface area contributed by atoms with E-state index < -0.39 is 23.5 Å². The van der Waals surface area contributed by atoms with Crippen LogP contribution in [0.15, 0.2) is 84.4 Å². The Balaban J connectivity index is 1.78. The molecule has 3 aromatic carbocycles. The predicted octanol–water partition coefficient (Wildman–Crippen LogP) is 4.56. The monoisotopic (exact) mass is 444 g/mol. The van der Waals surface area contributed by atoms with Gasteiger partial charge in [0.25, 0.3) is 11.7 Å². The van der Waals surface area contributed by atoms with Crippen LogP contribution in [0.2, 0.25) is 0 Å². The minimum atomic E-state index is -0.744. The van der Waals surface area contributed by atoms with Gasteiger partial charge < -0.3 is 14.9 Å². The van der Waals surface area contributed by atoms with Crippen LogP contribution in [0.5, 0.6) is 0 Å². The average Bonchev–Trinajstić information content (AvgIpc) is 3.08. The minimum absolute atomic E-state index is 0.0114. The SMILES string of the molecule is CN(C)c1ccc(C2C(=C(O)c3ccc(F)cc3)C(=O)C(=O)N2CCc2ccccc2)cc1. The first-order chi connectivity index (χ1) is 15.9. The van der Waals surface area contributed by atoms with Crippen LogP contribution >= 0.6 is 0 Å². The molecule has 0 bridgehead atoms. The highest BCUT2D eigenvalue weighted by Crippen LogP contribution is 2.39. The summed E-state index contributed by atoms with van der Waals surface area (Å²) < 4.78 is 13.4. The molecule has 168 valence electrons. The number of anilines is 1. The zero-order chi connectivity index (χ0) is 23.5. The van der Waals surface area contributed by atoms with Crippen molar-refractivity contribution in [3.63, 3.8) is 0 Å². The first-order valence-electron chi connectivity index (χ1n) is 10.7. The van der Waals surface area contributed by atoms with Crippen LogP contribution in [0, 0.1) is 5.82 Å². The maximum atomic E-state index is 13.4. The van der Waals surface area contributed by atoms with Crippen molar-refractivity contribution in [2.24, 2.45) is 0 Å². The minimum Gasteiger partial charge on any atom is -0.507 e. The van der Waals surface area contributed by atoms with Crippen LogP contribution in [0.3, 0.4) is 0 Å². The quantitative estimate of drug-likeness (QED) is 0.344. The third kappa shape index (κ3) is 4.51. The van der Waals surface area contributed by atoms with Gasteiger partial charge in [-0.2, -0.15) is 0 Å². The second kappa shape index (κ2) is 9.28. The number of carbonyl (C=O) groups is 2. The molecule has 1 heterocycles. The molecule has 0 aromatic heterocycles. The summed E-state index contributed by atoms with van der Waals surface area (Å²) in [5.74, 6) is -2.16. The predicted molar refractivity (Wildman–Crippen MR) is 126 cm³/mol. The summed E-state index contributed by atoms with van der Waals surface area (Å²) in [5.41, 5.74) is 3.03. The normalized spacial score (nSPS) is 17.4. The first kappa shape index (κ1) is 22.3. The zero-order valence-electron chi connectivity index (χ0n) is 18.5. The summed E-state index contributed by atoms with van der Waals surface area (Å²) in [6, 6.07) is 21.7. The number of ketones is 1. The van der Waals surface area contributed by atoms with Gasteiger partial charge in [-0.05, 0) is 53.9 Å². The third-order valence-electron chi connectivity index (χ3n) is 5.87. The molecule has 1 saturated heterocycles. The van der Waals surface area contributed by atoms with E-state index in [4.69, 9.17) is 0 Å². The maximum absolute atomic E-state index is 13.4. The molecule has 1 aliphatic rings. The first-order valence-corrected chi connectivity index (χ1v) is 10.7. The molecule has 0 radical (unpaired) electrons. The Morgan fingerprint density at radius 2 is 1.58 bits per heavy atom. The second-order valence-electron chi connectivity index (χ2n) is 8.22. The van der Waals surface area contributed by atoms with Gasteiger partial charge in [0, 0.05) is 31.9 Å². The number of likely N-dealkylation sites (tertiary alicyclic amines) is 1. The van der Waals surface area contributed by atoms with Crippen LogP contribution in [-0.4, -0.2) is 42.3 Å². The summed E-state index contributed by atoms with van der Waals surface area (Å²) in [5, 5.41) is 11.0. The summed E-state index contributed by atoms with van der Waals surface area (Å²) in [6.45, 7) is 0.314. The number of benzene rings is 3. The molecule has 1 N–H and O–H groups in total. The Bertz CT molecular complexity index is 1190. The van der Waals surface area contributed by atoms with E-state index in [0.29, 0.717) is 13.0 Å². The number of rotatable bonds is 6. The highest BCUT2D eigenvalue weighted by atomic mass is 19.1. The Morgan fingerprint density at radius 3 is 2.18 bits per heavy atom. The molecule has 4 rings (SSSR count). The van der Waals surface area contributed by atoms with E-state index in [1.165, 1.54) is 29.2 Å². The fourth-order valence-corrected chi connectivity index (χ4v) is 4.07. The fourth-order valence-electron chi connectivity index (χ4n) is 4.07. The highest BCUT2D eigenvalue weighted by Gasteiger charge is 2.45. The molecule has 3 aromatic rings. The van der Waals surface area contributed by atoms with Crippen molar-refractivity contribution >= 4 is 23.1 Å². The number of hydrogen-bond acceptors (Lipinski definition) is 4. The van der Waals surface area contributed by atoms with E-state index in [1.807, 2.05) is 73.6 Å². The molecular weight excluding hydrogens is 419 g/mol. The van der Waals surface area contributed by atoms with Gasteiger partial charge in [0.1, 0.15) is 11.6 Å². The van der Waals surface area contributed by atoms with E-state index in [-0.39, 0.29) is 16.9 Å². The topological polar surface area (TPSA) is 60.9 Å². The van der Waals surface area contributed by atoms with E-state index >= 15 is 0 Å². The Morgan fingerprint density at radius 1 is 0.939 bits per heavy atom. The van der Waals surface area contributed by atoms with Crippen LogP contribution in [-0.2, 0) is 16.0 Å². The number of Topliss-reactive ketones (excluding diaryl/α,β-unsaturated/α-hetero) is 1. The summed E-state index contributed by atoms with van der Waals surface area (Å²) in [6.07, 6.45) is 0.566. The van der Waals surface area contributed by atoms with Gasteiger partial charge >= 0.3 is 0 Å². The largest absolute Gasteiger partial charge is 0.507 e. The number of carbonyl (C=O) groups excluding carboxylic acids is 2. The number of nitrogens with zero attached hydrogens (tertiary/aromatic N) is 2. The van der Waals surface area contributed by atoms with Crippen molar-refractivity contribution in [2.45, 2.75) is 12.5 Å². The lowest BCUT2D eigenvalue weighted by Crippen LogP contribution is -2.31. The lowest BCUT2D eigenvalue weighted by Gasteiger charge is -2.26. The number of hydrogen-bond donors (Lipinski definition) is 1. The molecule has 1 amide bonds. The molecule has 6 heteroatoms. The van der Waals surface area contributed by atoms with E-state index in [2.05, 4.69) is 0 Å². The number of aliphatic hydroxyl groups is 1. The van der Waals surface area contributed by atoms with E-state index in [9.17, 15) is 19.1 Å². The average molecular weight is 445 g/mol. The van der Waals surface area contributed by atoms with Crippen LogP contribution in [0.4, 0.5) is 10.1 Å². The molecule has 1 aliphatic heterocycles. The molecule has 33 heavy (non-hydrogen) atoms. The second-order valence-corrected chi connectivity index (χ2v) is 8.22. The summed E-state index contributed by atoms with van der Waals surface area (Å²) in [7, 11) is 3.85. The van der Waals surface area contributed by atoms with Gasteiger partial charge in [-0.1, -0.05) is 42.5 Å². The fraction of sp³-hybridized carbons (Fsp3) is 0.185. The van der Waals surface area contributed by atoms with Crippen molar-refractivity contribution in [1.82, 2.24) is 4.90 Å². The van der Waals surface area contributed by atoms with Gasteiger partial charge in [-0.25, -0.2) is 4.39 Å².